The fraction of sp³-hybridized carbons (Fsp3) is 0.478. The summed E-state index contributed by atoms with van der Waals surface area (Å²) in [5.74, 6) is -2.44. The number of ketones is 1. The molecule has 34 heavy (non-hydrogen) atoms. The molecule has 4 rings (SSSR count). The van der Waals surface area contributed by atoms with Crippen LogP contribution in [0.2, 0.25) is 0 Å². The summed E-state index contributed by atoms with van der Waals surface area (Å²) in [6.45, 7) is 2.59. The highest BCUT2D eigenvalue weighted by Crippen LogP contribution is 2.40. The molecule has 1 aromatic heterocycles. The molecule has 0 spiro atoms. The van der Waals surface area contributed by atoms with Crippen molar-refractivity contribution >= 4 is 27.4 Å². The third kappa shape index (κ3) is 4.76. The summed E-state index contributed by atoms with van der Waals surface area (Å²) >= 11 is 0. The molecule has 2 amide bonds. The maximum absolute atomic E-state index is 13.6. The maximum atomic E-state index is 13.6. The average Bonchev–Trinajstić information content (AvgIpc) is 3.39. The lowest BCUT2D eigenvalue weighted by Crippen LogP contribution is -2.58. The zero-order valence-corrected chi connectivity index (χ0v) is 19.7. The number of Topliss-reactive ketones (excluding diaryl/α,β-unsaturated/α-hetero) is 1. The van der Waals surface area contributed by atoms with Crippen LogP contribution in [0.4, 0.5) is 0 Å². The lowest BCUT2D eigenvalue weighted by atomic mass is 10.0. The zero-order chi connectivity index (χ0) is 24.4. The fourth-order valence-corrected chi connectivity index (χ4v) is 5.55. The second-order valence-corrected chi connectivity index (χ2v) is 11.3. The molecule has 10 nitrogen and oxygen atoms in total. The summed E-state index contributed by atoms with van der Waals surface area (Å²) in [6, 6.07) is 8.46. The van der Waals surface area contributed by atoms with Gasteiger partial charge in [0.2, 0.25) is 17.6 Å². The summed E-state index contributed by atoms with van der Waals surface area (Å²) < 4.78 is 35.5. The molecule has 2 fully saturated rings. The predicted molar refractivity (Wildman–Crippen MR) is 120 cm³/mol. The number of nitrogens with zero attached hydrogens (tertiary/aromatic N) is 2. The van der Waals surface area contributed by atoms with Crippen LogP contribution >= 0.6 is 0 Å². The van der Waals surface area contributed by atoms with E-state index in [1.165, 1.54) is 24.3 Å². The quantitative estimate of drug-likeness (QED) is 0.518. The number of hydrogen-bond donors (Lipinski definition) is 1. The number of sulfone groups is 1. The van der Waals surface area contributed by atoms with Gasteiger partial charge in [-0.15, -0.1) is 0 Å². The number of rotatable bonds is 9. The minimum Gasteiger partial charge on any atom is -0.442 e. The van der Waals surface area contributed by atoms with Crippen molar-refractivity contribution in [3.8, 4) is 0 Å². The van der Waals surface area contributed by atoms with Gasteiger partial charge in [0.15, 0.2) is 14.6 Å². The number of amides is 2. The van der Waals surface area contributed by atoms with Gasteiger partial charge in [0, 0.05) is 13.1 Å². The van der Waals surface area contributed by atoms with E-state index in [1.807, 2.05) is 0 Å². The van der Waals surface area contributed by atoms with Crippen LogP contribution in [0.3, 0.4) is 0 Å². The summed E-state index contributed by atoms with van der Waals surface area (Å²) in [5.41, 5.74) is -0.787. The number of carbonyl (C=O) groups is 3. The zero-order valence-electron chi connectivity index (χ0n) is 18.9. The number of benzene rings is 1. The van der Waals surface area contributed by atoms with E-state index in [-0.39, 0.29) is 5.89 Å². The number of aromatic nitrogens is 1. The lowest BCUT2D eigenvalue weighted by molar-refractivity contribution is -0.138. The van der Waals surface area contributed by atoms with Gasteiger partial charge in [-0.2, -0.15) is 0 Å². The van der Waals surface area contributed by atoms with Crippen LogP contribution in [0.5, 0.6) is 0 Å². The van der Waals surface area contributed by atoms with Crippen molar-refractivity contribution in [2.24, 2.45) is 0 Å². The molecule has 1 aliphatic heterocycles. The van der Waals surface area contributed by atoms with Crippen LogP contribution in [0.1, 0.15) is 42.4 Å². The molecule has 1 saturated heterocycles. The van der Waals surface area contributed by atoms with Crippen molar-refractivity contribution in [1.82, 2.24) is 15.2 Å². The SMILES string of the molecule is CC(CC(=O)N1CCOCC1)(C(=O)NC1(C(=O)c2ncco2)CC1)S(=O)(=O)Cc1ccccc1. The normalized spacial score (nSPS) is 19.1. The summed E-state index contributed by atoms with van der Waals surface area (Å²) in [7, 11) is -4.17. The topological polar surface area (TPSA) is 136 Å². The Balaban J connectivity index is 1.61. The molecule has 182 valence electrons. The van der Waals surface area contributed by atoms with E-state index in [2.05, 4.69) is 10.3 Å². The molecule has 1 aromatic carbocycles. The van der Waals surface area contributed by atoms with E-state index in [1.54, 1.807) is 30.3 Å². The molecule has 1 unspecified atom stereocenters. The highest BCUT2D eigenvalue weighted by molar-refractivity contribution is 7.92. The van der Waals surface area contributed by atoms with Gasteiger partial charge in [0.1, 0.15) is 11.8 Å². The van der Waals surface area contributed by atoms with E-state index in [0.717, 1.165) is 0 Å². The first-order chi connectivity index (χ1) is 16.2. The number of oxazole rings is 1. The molecule has 2 aromatic rings. The van der Waals surface area contributed by atoms with Gasteiger partial charge >= 0.3 is 0 Å². The standard InChI is InChI=1S/C23H27N3O7S/c1-22(15-18(27)26-10-13-32-14-11-26,34(30,31)16-17-5-3-2-4-6-17)21(29)25-23(7-8-23)19(28)20-24-9-12-33-20/h2-6,9,12H,7-8,10-11,13-16H2,1H3,(H,25,29). The highest BCUT2D eigenvalue weighted by Gasteiger charge is 2.57. The monoisotopic (exact) mass is 489 g/mol. The van der Waals surface area contributed by atoms with Gasteiger partial charge in [-0.05, 0) is 25.3 Å². The van der Waals surface area contributed by atoms with E-state index in [0.29, 0.717) is 44.7 Å². The van der Waals surface area contributed by atoms with Crippen molar-refractivity contribution in [2.45, 2.75) is 42.2 Å². The lowest BCUT2D eigenvalue weighted by Gasteiger charge is -2.33. The Kier molecular flexibility index (Phi) is 6.59. The van der Waals surface area contributed by atoms with Crippen molar-refractivity contribution in [3.05, 3.63) is 54.2 Å². The second-order valence-electron chi connectivity index (χ2n) is 8.85. The van der Waals surface area contributed by atoms with Crippen LogP contribution in [-0.2, 0) is 29.9 Å². The third-order valence-corrected chi connectivity index (χ3v) is 8.80. The first-order valence-corrected chi connectivity index (χ1v) is 12.7. The molecule has 11 heteroatoms. The van der Waals surface area contributed by atoms with Crippen molar-refractivity contribution < 1.29 is 32.0 Å². The Morgan fingerprint density at radius 2 is 1.82 bits per heavy atom. The molecule has 1 N–H and O–H groups in total. The molecule has 0 bridgehead atoms. The maximum Gasteiger partial charge on any atom is 0.265 e. The summed E-state index contributed by atoms with van der Waals surface area (Å²) in [5, 5.41) is 2.63. The van der Waals surface area contributed by atoms with Crippen LogP contribution < -0.4 is 5.32 Å². The van der Waals surface area contributed by atoms with Gasteiger partial charge in [0.05, 0.1) is 31.6 Å². The van der Waals surface area contributed by atoms with E-state index in [4.69, 9.17) is 9.15 Å². The average molecular weight is 490 g/mol. The molecular formula is C23H27N3O7S. The second kappa shape index (κ2) is 9.30. The molecule has 0 radical (unpaired) electrons. The highest BCUT2D eigenvalue weighted by atomic mass is 32.2. The first-order valence-electron chi connectivity index (χ1n) is 11.1. The van der Waals surface area contributed by atoms with Gasteiger partial charge < -0.3 is 19.4 Å². The molecule has 1 aliphatic carbocycles. The van der Waals surface area contributed by atoms with Crippen molar-refractivity contribution in [1.29, 1.82) is 0 Å². The van der Waals surface area contributed by atoms with Gasteiger partial charge in [-0.25, -0.2) is 13.4 Å². The molecule has 1 saturated carbocycles. The largest absolute Gasteiger partial charge is 0.442 e. The van der Waals surface area contributed by atoms with Gasteiger partial charge in [0.25, 0.3) is 5.89 Å². The van der Waals surface area contributed by atoms with Crippen LogP contribution in [0.25, 0.3) is 0 Å². The summed E-state index contributed by atoms with van der Waals surface area (Å²) in [4.78, 5) is 44.8. The Labute approximate surface area is 197 Å². The summed E-state index contributed by atoms with van der Waals surface area (Å²) in [6.07, 6.45) is 2.68. The van der Waals surface area contributed by atoms with Crippen LogP contribution in [-0.4, -0.2) is 72.5 Å². The number of morpholine rings is 1. The minimum absolute atomic E-state index is 0.156. The number of carbonyl (C=O) groups excluding carboxylic acids is 3. The predicted octanol–water partition coefficient (Wildman–Crippen LogP) is 1.13. The van der Waals surface area contributed by atoms with E-state index < -0.39 is 49.9 Å². The number of hydrogen-bond acceptors (Lipinski definition) is 8. The minimum atomic E-state index is -4.17. The van der Waals surface area contributed by atoms with E-state index in [9.17, 15) is 22.8 Å². The van der Waals surface area contributed by atoms with Crippen molar-refractivity contribution in [2.75, 3.05) is 26.3 Å². The fourth-order valence-electron chi connectivity index (χ4n) is 3.92. The van der Waals surface area contributed by atoms with Gasteiger partial charge in [-0.3, -0.25) is 14.4 Å². The first kappa shape index (κ1) is 24.1. The van der Waals surface area contributed by atoms with Crippen LogP contribution in [0, 0.1) is 0 Å². The van der Waals surface area contributed by atoms with Gasteiger partial charge in [-0.1, -0.05) is 30.3 Å². The van der Waals surface area contributed by atoms with Crippen molar-refractivity contribution in [3.63, 3.8) is 0 Å². The molecule has 1 atom stereocenters. The number of ether oxygens (including phenoxy) is 1. The Bertz CT molecular complexity index is 1150. The molecule has 2 heterocycles. The Hall–Kier alpha value is -3.05. The molecule has 2 aliphatic rings. The Morgan fingerprint density at radius 1 is 1.15 bits per heavy atom. The van der Waals surface area contributed by atoms with E-state index >= 15 is 0 Å². The Morgan fingerprint density at radius 3 is 2.41 bits per heavy atom. The third-order valence-electron chi connectivity index (χ3n) is 6.38. The molecular weight excluding hydrogens is 462 g/mol. The van der Waals surface area contributed by atoms with Crippen LogP contribution in [0.15, 0.2) is 47.2 Å². The smallest absolute Gasteiger partial charge is 0.265 e. The number of nitrogens with one attached hydrogen (secondary N) is 1.